The summed E-state index contributed by atoms with van der Waals surface area (Å²) in [5.41, 5.74) is 22.0. The highest BCUT2D eigenvalue weighted by Crippen LogP contribution is 2.65. The topological polar surface area (TPSA) is 3.24 Å². The third-order valence-electron chi connectivity index (χ3n) is 16.5. The van der Waals surface area contributed by atoms with Gasteiger partial charge in [-0.25, -0.2) is 0 Å². The van der Waals surface area contributed by atoms with Crippen LogP contribution >= 0.6 is 0 Å². The summed E-state index contributed by atoms with van der Waals surface area (Å²) in [7, 11) is 0. The van der Waals surface area contributed by atoms with Crippen LogP contribution in [0.25, 0.3) is 71.3 Å². The quantitative estimate of drug-likeness (QED) is 0.160. The van der Waals surface area contributed by atoms with Crippen molar-refractivity contribution < 1.29 is 0 Å². The molecule has 0 radical (unpaired) electrons. The van der Waals surface area contributed by atoms with E-state index in [2.05, 4.69) is 245 Å². The SMILES string of the molecule is C=C1/C=C\C=C/CC(C)(C)c2ccc(N(c3ccc4c(c3)C(C)(C)c3cc5c6ccccc6c6ccccc6c5cc3-4)c3cccc4c3-c3ccccc3C43c4ccccc4-c4ccccc43)cc21. The van der Waals surface area contributed by atoms with Gasteiger partial charge in [0.25, 0.3) is 0 Å². The third-order valence-corrected chi connectivity index (χ3v) is 16.5. The summed E-state index contributed by atoms with van der Waals surface area (Å²) < 4.78 is 0. The molecule has 0 amide bonds. The highest BCUT2D eigenvalue weighted by molar-refractivity contribution is 6.26. The van der Waals surface area contributed by atoms with Crippen LogP contribution in [0.3, 0.4) is 0 Å². The van der Waals surface area contributed by atoms with E-state index >= 15 is 0 Å². The van der Waals surface area contributed by atoms with Gasteiger partial charge in [-0.05, 0) is 165 Å². The van der Waals surface area contributed by atoms with E-state index in [1.54, 1.807) is 0 Å². The van der Waals surface area contributed by atoms with Gasteiger partial charge in [-0.3, -0.25) is 0 Å². The molecular weight excluding hydrogens is 831 g/mol. The summed E-state index contributed by atoms with van der Waals surface area (Å²) in [6.07, 6.45) is 9.72. The molecule has 0 saturated carbocycles. The molecule has 10 aromatic rings. The van der Waals surface area contributed by atoms with Gasteiger partial charge in [0, 0.05) is 22.4 Å². The van der Waals surface area contributed by atoms with E-state index in [0.717, 1.165) is 23.4 Å². The molecule has 1 spiro atoms. The molecule has 0 heterocycles. The molecule has 0 aromatic heterocycles. The first-order valence-corrected chi connectivity index (χ1v) is 24.6. The Bertz CT molecular complexity index is 3920. The minimum absolute atomic E-state index is 0.0870. The van der Waals surface area contributed by atoms with Crippen molar-refractivity contribution in [2.75, 3.05) is 4.90 Å². The summed E-state index contributed by atoms with van der Waals surface area (Å²) in [6.45, 7) is 14.3. The van der Waals surface area contributed by atoms with Crippen molar-refractivity contribution in [3.8, 4) is 33.4 Å². The van der Waals surface area contributed by atoms with Crippen molar-refractivity contribution in [3.63, 3.8) is 0 Å². The maximum atomic E-state index is 4.70. The van der Waals surface area contributed by atoms with E-state index in [9.17, 15) is 0 Å². The molecule has 0 saturated heterocycles. The lowest BCUT2D eigenvalue weighted by atomic mass is 9.70. The van der Waals surface area contributed by atoms with Crippen LogP contribution in [-0.4, -0.2) is 0 Å². The molecule has 14 rings (SSSR count). The van der Waals surface area contributed by atoms with Gasteiger partial charge in [0.15, 0.2) is 0 Å². The Kier molecular flexibility index (Phi) is 8.29. The standard InChI is InChI=1S/C68H51N/c1-42-20-7-6-18-37-66(2,3)57-36-34-43(38-53(42)57)69(64-32-19-31-61-65(64)52-27-14-17-30-60(52)68(61)58-28-15-12-25-49(58)50-26-13-16-29-59(50)68)44-33-35-51-56-40-54-47-23-10-8-21-45(47)46-22-9-11-24-48(46)55(54)41-63(56)67(4,5)62(51)39-44/h6-36,38-41H,1,37H2,2-5H3/b18-6-,20-7-. The number of benzene rings is 10. The maximum Gasteiger partial charge on any atom is 0.0726 e. The first-order valence-electron chi connectivity index (χ1n) is 24.6. The Morgan fingerprint density at radius 1 is 0.391 bits per heavy atom. The molecule has 0 atom stereocenters. The highest BCUT2D eigenvalue weighted by atomic mass is 15.1. The van der Waals surface area contributed by atoms with Crippen molar-refractivity contribution in [1.82, 2.24) is 0 Å². The molecule has 0 N–H and O–H groups in total. The smallest absolute Gasteiger partial charge is 0.0726 e. The Morgan fingerprint density at radius 2 is 0.913 bits per heavy atom. The Labute approximate surface area is 405 Å². The minimum atomic E-state index is -0.459. The molecule has 4 aliphatic carbocycles. The third kappa shape index (κ3) is 5.36. The van der Waals surface area contributed by atoms with Crippen LogP contribution in [0.4, 0.5) is 17.1 Å². The summed E-state index contributed by atoms with van der Waals surface area (Å²) in [5, 5.41) is 7.84. The number of fused-ring (bicyclic) bond motifs is 20. The largest absolute Gasteiger partial charge is 0.310 e. The lowest BCUT2D eigenvalue weighted by molar-refractivity contribution is 0.533. The van der Waals surface area contributed by atoms with Gasteiger partial charge in [0.2, 0.25) is 0 Å². The molecule has 69 heavy (non-hydrogen) atoms. The summed E-state index contributed by atoms with van der Waals surface area (Å²) in [5.74, 6) is 0. The van der Waals surface area contributed by atoms with Gasteiger partial charge in [-0.2, -0.15) is 0 Å². The second-order valence-electron chi connectivity index (χ2n) is 20.9. The number of allylic oxidation sites excluding steroid dienone is 5. The molecule has 0 aliphatic heterocycles. The first kappa shape index (κ1) is 40.1. The predicted molar refractivity (Wildman–Crippen MR) is 292 cm³/mol. The highest BCUT2D eigenvalue weighted by Gasteiger charge is 2.52. The fraction of sp³-hybridized carbons (Fsp3) is 0.118. The van der Waals surface area contributed by atoms with Crippen LogP contribution in [-0.2, 0) is 16.2 Å². The molecule has 0 bridgehead atoms. The van der Waals surface area contributed by atoms with Crippen LogP contribution in [0.2, 0.25) is 0 Å². The molecule has 0 fully saturated rings. The van der Waals surface area contributed by atoms with E-state index in [0.29, 0.717) is 0 Å². The van der Waals surface area contributed by atoms with Crippen LogP contribution in [0, 0.1) is 0 Å². The van der Waals surface area contributed by atoms with Crippen molar-refractivity contribution in [3.05, 3.63) is 263 Å². The monoisotopic (exact) mass is 881 g/mol. The lowest BCUT2D eigenvalue weighted by Gasteiger charge is -2.33. The van der Waals surface area contributed by atoms with Crippen LogP contribution < -0.4 is 4.90 Å². The molecule has 1 nitrogen and oxygen atoms in total. The Balaban J connectivity index is 1.04. The predicted octanol–water partition coefficient (Wildman–Crippen LogP) is 18.1. The van der Waals surface area contributed by atoms with E-state index in [-0.39, 0.29) is 10.8 Å². The molecule has 328 valence electrons. The zero-order valence-electron chi connectivity index (χ0n) is 39.6. The second-order valence-corrected chi connectivity index (χ2v) is 20.9. The molecule has 0 unspecified atom stereocenters. The van der Waals surface area contributed by atoms with Crippen molar-refractivity contribution >= 4 is 55.0 Å². The van der Waals surface area contributed by atoms with Gasteiger partial charge in [0.05, 0.1) is 11.1 Å². The molecule has 4 aliphatic rings. The number of anilines is 3. The van der Waals surface area contributed by atoms with Gasteiger partial charge >= 0.3 is 0 Å². The normalized spacial score (nSPS) is 17.0. The van der Waals surface area contributed by atoms with Gasteiger partial charge in [-0.1, -0.05) is 204 Å². The average molecular weight is 882 g/mol. The van der Waals surface area contributed by atoms with Crippen molar-refractivity contribution in [2.45, 2.75) is 50.4 Å². The summed E-state index contributed by atoms with van der Waals surface area (Å²) >= 11 is 0. The van der Waals surface area contributed by atoms with Gasteiger partial charge in [-0.15, -0.1) is 0 Å². The van der Waals surface area contributed by atoms with Crippen LogP contribution in [0.15, 0.2) is 219 Å². The van der Waals surface area contributed by atoms with Gasteiger partial charge in [0.1, 0.15) is 0 Å². The number of hydrogen-bond acceptors (Lipinski definition) is 1. The van der Waals surface area contributed by atoms with E-state index in [1.165, 1.54) is 116 Å². The molecular formula is C68H51N. The molecule has 10 aromatic carbocycles. The fourth-order valence-corrected chi connectivity index (χ4v) is 13.3. The zero-order valence-corrected chi connectivity index (χ0v) is 39.6. The Hall–Kier alpha value is -8.00. The number of rotatable bonds is 3. The maximum absolute atomic E-state index is 4.70. The number of nitrogens with zero attached hydrogens (tertiary/aromatic N) is 1. The summed E-state index contributed by atoms with van der Waals surface area (Å²) in [4.78, 5) is 2.56. The fourth-order valence-electron chi connectivity index (χ4n) is 13.3. The summed E-state index contributed by atoms with van der Waals surface area (Å²) in [6, 6.07) is 71.8. The minimum Gasteiger partial charge on any atom is -0.310 e. The van der Waals surface area contributed by atoms with Gasteiger partial charge < -0.3 is 4.90 Å². The van der Waals surface area contributed by atoms with E-state index in [1.807, 2.05) is 0 Å². The van der Waals surface area contributed by atoms with E-state index in [4.69, 9.17) is 6.58 Å². The Morgan fingerprint density at radius 3 is 1.59 bits per heavy atom. The van der Waals surface area contributed by atoms with Crippen LogP contribution in [0.1, 0.15) is 78.6 Å². The lowest BCUT2D eigenvalue weighted by Crippen LogP contribution is -2.26. The number of hydrogen-bond donors (Lipinski definition) is 0. The average Bonchev–Trinajstić information content (AvgIpc) is 3.95. The molecule has 1 heteroatoms. The van der Waals surface area contributed by atoms with E-state index < -0.39 is 5.41 Å². The van der Waals surface area contributed by atoms with Crippen molar-refractivity contribution in [2.24, 2.45) is 0 Å². The zero-order chi connectivity index (χ0) is 46.4. The van der Waals surface area contributed by atoms with Crippen molar-refractivity contribution in [1.29, 1.82) is 0 Å². The first-order chi connectivity index (χ1) is 33.7. The van der Waals surface area contributed by atoms with Crippen LogP contribution in [0.5, 0.6) is 0 Å². The second kappa shape index (κ2) is 14.3.